The summed E-state index contributed by atoms with van der Waals surface area (Å²) in [6.07, 6.45) is 0. The predicted octanol–water partition coefficient (Wildman–Crippen LogP) is 5.81. The van der Waals surface area contributed by atoms with Gasteiger partial charge in [-0.15, -0.1) is 0 Å². The van der Waals surface area contributed by atoms with Crippen LogP contribution in [0.1, 0.15) is 28.4 Å². The Labute approximate surface area is 136 Å². The van der Waals surface area contributed by atoms with Gasteiger partial charge in [0.05, 0.1) is 16.5 Å². The highest BCUT2D eigenvalue weighted by Gasteiger charge is 2.21. The molecule has 5 heteroatoms. The van der Waals surface area contributed by atoms with E-state index >= 15 is 0 Å². The molecule has 0 aliphatic rings. The number of rotatable bonds is 4. The summed E-state index contributed by atoms with van der Waals surface area (Å²) in [5, 5.41) is -0.231. The molecule has 0 amide bonds. The normalized spacial score (nSPS) is 12.3. The first-order valence-electron chi connectivity index (χ1n) is 6.46. The Balaban J connectivity index is 2.51. The summed E-state index contributed by atoms with van der Waals surface area (Å²) < 4.78 is 33.2. The Morgan fingerprint density at radius 3 is 2.52 bits per heavy atom. The van der Waals surface area contributed by atoms with Crippen molar-refractivity contribution in [2.75, 3.05) is 6.61 Å². The van der Waals surface area contributed by atoms with Gasteiger partial charge in [-0.25, -0.2) is 8.78 Å². The molecule has 0 bridgehead atoms. The summed E-state index contributed by atoms with van der Waals surface area (Å²) in [5.74, 6) is -0.574. The van der Waals surface area contributed by atoms with E-state index in [-0.39, 0.29) is 10.6 Å². The Bertz CT molecular complexity index is 661. The molecule has 2 aromatic rings. The molecule has 1 unspecified atom stereocenters. The topological polar surface area (TPSA) is 9.23 Å². The van der Waals surface area contributed by atoms with Crippen molar-refractivity contribution in [3.8, 4) is 5.75 Å². The van der Waals surface area contributed by atoms with Crippen LogP contribution in [0.3, 0.4) is 0 Å². The first kappa shape index (κ1) is 16.2. The highest BCUT2D eigenvalue weighted by Crippen LogP contribution is 2.39. The monoisotopic (exact) mass is 374 g/mol. The van der Waals surface area contributed by atoms with E-state index in [4.69, 9.17) is 16.3 Å². The zero-order chi connectivity index (χ0) is 15.6. The van der Waals surface area contributed by atoms with Gasteiger partial charge < -0.3 is 4.74 Å². The van der Waals surface area contributed by atoms with Gasteiger partial charge in [0.2, 0.25) is 0 Å². The van der Waals surface area contributed by atoms with E-state index in [0.717, 1.165) is 23.3 Å². The quantitative estimate of drug-likeness (QED) is 0.484. The molecule has 112 valence electrons. The SMILES string of the molecule is CCOc1ccc(C)cc1C(Br)c1cc(F)c(Cl)cc1F. The standard InChI is InChI=1S/C16H14BrClF2O/c1-3-21-15-5-4-9(2)6-11(15)16(17)10-7-14(20)12(18)8-13(10)19/h4-8,16H,3H2,1-2H3. The van der Waals surface area contributed by atoms with E-state index in [2.05, 4.69) is 15.9 Å². The third kappa shape index (κ3) is 3.55. The molecule has 0 saturated heterocycles. The largest absolute Gasteiger partial charge is 0.494 e. The molecule has 0 aromatic heterocycles. The van der Waals surface area contributed by atoms with E-state index in [1.54, 1.807) is 0 Å². The van der Waals surface area contributed by atoms with Crippen molar-refractivity contribution < 1.29 is 13.5 Å². The van der Waals surface area contributed by atoms with Gasteiger partial charge in [-0.1, -0.05) is 45.2 Å². The van der Waals surface area contributed by atoms with Crippen LogP contribution in [0.2, 0.25) is 5.02 Å². The van der Waals surface area contributed by atoms with E-state index in [9.17, 15) is 8.78 Å². The zero-order valence-corrected chi connectivity index (χ0v) is 13.9. The first-order chi connectivity index (χ1) is 9.93. The lowest BCUT2D eigenvalue weighted by Crippen LogP contribution is -2.03. The van der Waals surface area contributed by atoms with Gasteiger partial charge in [-0.3, -0.25) is 0 Å². The Hall–Kier alpha value is -1.13. The van der Waals surface area contributed by atoms with Crippen LogP contribution >= 0.6 is 27.5 Å². The lowest BCUT2D eigenvalue weighted by molar-refractivity contribution is 0.337. The molecule has 2 aromatic carbocycles. The number of hydrogen-bond donors (Lipinski definition) is 0. The lowest BCUT2D eigenvalue weighted by Gasteiger charge is -2.17. The molecule has 21 heavy (non-hydrogen) atoms. The molecule has 0 fully saturated rings. The van der Waals surface area contributed by atoms with E-state index < -0.39 is 16.5 Å². The third-order valence-corrected chi connectivity index (χ3v) is 4.33. The summed E-state index contributed by atoms with van der Waals surface area (Å²) in [5.41, 5.74) is 1.94. The van der Waals surface area contributed by atoms with Crippen LogP contribution < -0.4 is 4.74 Å². The maximum Gasteiger partial charge on any atom is 0.142 e. The molecule has 0 radical (unpaired) electrons. The second kappa shape index (κ2) is 6.75. The number of aryl methyl sites for hydroxylation is 1. The van der Waals surface area contributed by atoms with Crippen molar-refractivity contribution in [2.24, 2.45) is 0 Å². The van der Waals surface area contributed by atoms with Crippen molar-refractivity contribution in [1.29, 1.82) is 0 Å². The molecule has 0 aliphatic heterocycles. The molecule has 0 N–H and O–H groups in total. The van der Waals surface area contributed by atoms with Crippen molar-refractivity contribution in [3.05, 3.63) is 63.7 Å². The fourth-order valence-corrected chi connectivity index (χ4v) is 2.91. The molecule has 0 heterocycles. The Kier molecular flexibility index (Phi) is 5.22. The second-order valence-electron chi connectivity index (χ2n) is 4.62. The van der Waals surface area contributed by atoms with Crippen molar-refractivity contribution in [2.45, 2.75) is 18.7 Å². The molecule has 0 saturated carbocycles. The van der Waals surface area contributed by atoms with E-state index in [1.165, 1.54) is 0 Å². The van der Waals surface area contributed by atoms with Gasteiger partial charge in [0.15, 0.2) is 0 Å². The van der Waals surface area contributed by atoms with Crippen molar-refractivity contribution in [3.63, 3.8) is 0 Å². The maximum absolute atomic E-state index is 14.1. The summed E-state index contributed by atoms with van der Waals surface area (Å²) >= 11 is 9.02. The summed E-state index contributed by atoms with van der Waals surface area (Å²) in [6, 6.07) is 7.71. The molecular formula is C16H14BrClF2O. The number of hydrogen-bond acceptors (Lipinski definition) is 1. The average molecular weight is 376 g/mol. The van der Waals surface area contributed by atoms with Gasteiger partial charge in [-0.2, -0.15) is 0 Å². The second-order valence-corrected chi connectivity index (χ2v) is 5.95. The first-order valence-corrected chi connectivity index (χ1v) is 7.75. The smallest absolute Gasteiger partial charge is 0.142 e. The molecular weight excluding hydrogens is 362 g/mol. The van der Waals surface area contributed by atoms with Gasteiger partial charge in [0, 0.05) is 11.1 Å². The lowest BCUT2D eigenvalue weighted by atomic mass is 10.0. The molecule has 2 rings (SSSR count). The van der Waals surface area contributed by atoms with Gasteiger partial charge in [0.1, 0.15) is 17.4 Å². The molecule has 0 aliphatic carbocycles. The van der Waals surface area contributed by atoms with Gasteiger partial charge >= 0.3 is 0 Å². The van der Waals surface area contributed by atoms with Crippen LogP contribution in [0.4, 0.5) is 8.78 Å². The van der Waals surface area contributed by atoms with Crippen LogP contribution in [0, 0.1) is 18.6 Å². The average Bonchev–Trinajstić information content (AvgIpc) is 2.44. The Morgan fingerprint density at radius 1 is 1.14 bits per heavy atom. The summed E-state index contributed by atoms with van der Waals surface area (Å²) in [6.45, 7) is 4.29. The fraction of sp³-hybridized carbons (Fsp3) is 0.250. The van der Waals surface area contributed by atoms with Crippen LogP contribution in [-0.2, 0) is 0 Å². The minimum Gasteiger partial charge on any atom is -0.494 e. The van der Waals surface area contributed by atoms with Crippen LogP contribution in [0.25, 0.3) is 0 Å². The van der Waals surface area contributed by atoms with Gasteiger partial charge in [0.25, 0.3) is 0 Å². The number of ether oxygens (including phenoxy) is 1. The highest BCUT2D eigenvalue weighted by molar-refractivity contribution is 9.09. The predicted molar refractivity (Wildman–Crippen MR) is 84.5 cm³/mol. The zero-order valence-electron chi connectivity index (χ0n) is 11.6. The van der Waals surface area contributed by atoms with Crippen molar-refractivity contribution >= 4 is 27.5 Å². The van der Waals surface area contributed by atoms with Crippen molar-refractivity contribution in [1.82, 2.24) is 0 Å². The Morgan fingerprint density at radius 2 is 1.86 bits per heavy atom. The summed E-state index contributed by atoms with van der Waals surface area (Å²) in [7, 11) is 0. The van der Waals surface area contributed by atoms with Crippen LogP contribution in [0.15, 0.2) is 30.3 Å². The molecule has 0 spiro atoms. The maximum atomic E-state index is 14.1. The number of halogens is 4. The van der Waals surface area contributed by atoms with Gasteiger partial charge in [-0.05, 0) is 32.0 Å². The number of benzene rings is 2. The molecule has 1 nitrogen and oxygen atoms in total. The van der Waals surface area contributed by atoms with Crippen LogP contribution in [0.5, 0.6) is 5.75 Å². The number of alkyl halides is 1. The molecule has 1 atom stereocenters. The van der Waals surface area contributed by atoms with Crippen LogP contribution in [-0.4, -0.2) is 6.61 Å². The minimum absolute atomic E-state index is 0.184. The van der Waals surface area contributed by atoms with E-state index in [0.29, 0.717) is 12.4 Å². The summed E-state index contributed by atoms with van der Waals surface area (Å²) in [4.78, 5) is -0.522. The van der Waals surface area contributed by atoms with E-state index in [1.807, 2.05) is 32.0 Å². The highest BCUT2D eigenvalue weighted by atomic mass is 79.9. The minimum atomic E-state index is -0.650. The fourth-order valence-electron chi connectivity index (χ4n) is 2.05. The third-order valence-electron chi connectivity index (χ3n) is 3.05.